The fraction of sp³-hybridized carbons (Fsp3) is 0.240. The number of aromatic nitrogens is 1. The van der Waals surface area contributed by atoms with Crippen LogP contribution in [0.3, 0.4) is 0 Å². The zero-order valence-electron chi connectivity index (χ0n) is 18.8. The molecule has 0 aliphatic carbocycles. The summed E-state index contributed by atoms with van der Waals surface area (Å²) >= 11 is 3.37. The number of carbonyl (C=O) groups is 2. The van der Waals surface area contributed by atoms with Gasteiger partial charge in [-0.25, -0.2) is 14.6 Å². The molecule has 0 saturated carbocycles. The Balaban J connectivity index is 1.97. The fourth-order valence-corrected chi connectivity index (χ4v) is 3.39. The predicted octanol–water partition coefficient (Wildman–Crippen LogP) is 6.30. The van der Waals surface area contributed by atoms with E-state index in [9.17, 15) is 9.59 Å². The van der Waals surface area contributed by atoms with Crippen LogP contribution in [0.2, 0.25) is 0 Å². The molecule has 0 atom stereocenters. The maximum atomic E-state index is 13.2. The molecule has 1 heterocycles. The van der Waals surface area contributed by atoms with Crippen LogP contribution in [-0.2, 0) is 11.3 Å². The number of benzene rings is 2. The van der Waals surface area contributed by atoms with Crippen molar-refractivity contribution in [3.05, 3.63) is 82.0 Å². The summed E-state index contributed by atoms with van der Waals surface area (Å²) in [7, 11) is 0. The summed E-state index contributed by atoms with van der Waals surface area (Å²) < 4.78 is 17.1. The fourth-order valence-electron chi connectivity index (χ4n) is 2.90. The molecule has 0 unspecified atom stereocenters. The number of amides is 1. The van der Waals surface area contributed by atoms with Gasteiger partial charge >= 0.3 is 12.1 Å². The first-order chi connectivity index (χ1) is 15.6. The zero-order valence-corrected chi connectivity index (χ0v) is 20.4. The molecule has 172 valence electrons. The lowest BCUT2D eigenvalue weighted by molar-refractivity contribution is 0.0632. The third-order valence-corrected chi connectivity index (χ3v) is 4.90. The van der Waals surface area contributed by atoms with Crippen LogP contribution >= 0.6 is 15.9 Å². The van der Waals surface area contributed by atoms with Gasteiger partial charge in [0.25, 0.3) is 0 Å². The largest absolute Gasteiger partial charge is 0.485 e. The summed E-state index contributed by atoms with van der Waals surface area (Å²) in [6.45, 7) is 7.14. The second-order valence-corrected chi connectivity index (χ2v) is 8.94. The number of rotatable bonds is 6. The number of nitrogens with one attached hydrogen (secondary N) is 1. The van der Waals surface area contributed by atoms with Crippen molar-refractivity contribution in [2.24, 2.45) is 0 Å². The van der Waals surface area contributed by atoms with Crippen molar-refractivity contribution in [2.45, 2.75) is 39.9 Å². The quantitative estimate of drug-likeness (QED) is 0.237. The highest BCUT2D eigenvalue weighted by Gasteiger charge is 2.27. The minimum atomic E-state index is -0.691. The summed E-state index contributed by atoms with van der Waals surface area (Å²) in [5.41, 5.74) is 0.749. The van der Waals surface area contributed by atoms with Crippen molar-refractivity contribution in [2.75, 3.05) is 5.32 Å². The molecule has 0 spiro atoms. The Labute approximate surface area is 201 Å². The average Bonchev–Trinajstić information content (AvgIpc) is 2.75. The van der Waals surface area contributed by atoms with Crippen molar-refractivity contribution < 1.29 is 23.8 Å². The Hall–Kier alpha value is -3.39. The maximum Gasteiger partial charge on any atom is 0.413 e. The van der Waals surface area contributed by atoms with Gasteiger partial charge in [0.2, 0.25) is 0 Å². The highest BCUT2D eigenvalue weighted by atomic mass is 79.9. The molecule has 0 fully saturated rings. The normalized spacial score (nSPS) is 10.9. The summed E-state index contributed by atoms with van der Waals surface area (Å²) in [4.78, 5) is 29.9. The standard InChI is InChI=1S/C25H25BrN2O5/c1-16-19(23(29)32-18-13-9-6-10-14-18)20(31-15-17-11-7-5-8-12-17)21(26)27-22(16)28-24(30)33-25(2,3)4/h5-14H,15H2,1-4H3,(H,27,28,30). The molecule has 0 aliphatic heterocycles. The Kier molecular flexibility index (Phi) is 7.71. The van der Waals surface area contributed by atoms with Crippen molar-refractivity contribution in [3.8, 4) is 11.5 Å². The molecule has 2 aromatic carbocycles. The molecule has 1 aromatic heterocycles. The Morgan fingerprint density at radius 1 is 1.00 bits per heavy atom. The number of hydrogen-bond donors (Lipinski definition) is 1. The van der Waals surface area contributed by atoms with Crippen LogP contribution in [0.25, 0.3) is 0 Å². The lowest BCUT2D eigenvalue weighted by Crippen LogP contribution is -2.28. The van der Waals surface area contributed by atoms with Gasteiger partial charge < -0.3 is 14.2 Å². The number of pyridine rings is 1. The van der Waals surface area contributed by atoms with E-state index in [1.807, 2.05) is 36.4 Å². The van der Waals surface area contributed by atoms with E-state index in [0.29, 0.717) is 11.3 Å². The monoisotopic (exact) mass is 512 g/mol. The van der Waals surface area contributed by atoms with Crippen molar-refractivity contribution in [1.29, 1.82) is 0 Å². The molecule has 3 aromatic rings. The van der Waals surface area contributed by atoms with Gasteiger partial charge in [-0.05, 0) is 61.3 Å². The average molecular weight is 513 g/mol. The number of nitrogens with zero attached hydrogens (tertiary/aromatic N) is 1. The van der Waals surface area contributed by atoms with Gasteiger partial charge in [0.05, 0.1) is 0 Å². The second-order valence-electron chi connectivity index (χ2n) is 8.18. The molecular weight excluding hydrogens is 488 g/mol. The van der Waals surface area contributed by atoms with Crippen LogP contribution in [-0.4, -0.2) is 22.6 Å². The highest BCUT2D eigenvalue weighted by molar-refractivity contribution is 9.10. The number of halogens is 1. The molecule has 8 heteroatoms. The van der Waals surface area contributed by atoms with Crippen molar-refractivity contribution >= 4 is 33.8 Å². The predicted molar refractivity (Wildman–Crippen MR) is 129 cm³/mol. The number of para-hydroxylation sites is 1. The van der Waals surface area contributed by atoms with E-state index in [1.54, 1.807) is 52.0 Å². The number of esters is 1. The number of hydrogen-bond acceptors (Lipinski definition) is 6. The smallest absolute Gasteiger partial charge is 0.413 e. The van der Waals surface area contributed by atoms with Crippen LogP contribution in [0.15, 0.2) is 65.3 Å². The zero-order chi connectivity index (χ0) is 24.0. The Bertz CT molecular complexity index is 1130. The third-order valence-electron chi connectivity index (χ3n) is 4.36. The van der Waals surface area contributed by atoms with E-state index < -0.39 is 17.7 Å². The summed E-state index contributed by atoms with van der Waals surface area (Å²) in [5, 5.41) is 2.60. The van der Waals surface area contributed by atoms with Crippen molar-refractivity contribution in [3.63, 3.8) is 0 Å². The molecule has 1 N–H and O–H groups in total. The Morgan fingerprint density at radius 3 is 2.21 bits per heavy atom. The van der Waals surface area contributed by atoms with E-state index in [-0.39, 0.29) is 28.3 Å². The molecule has 0 aliphatic rings. The van der Waals surface area contributed by atoms with Gasteiger partial charge in [-0.15, -0.1) is 0 Å². The third kappa shape index (κ3) is 6.79. The second kappa shape index (κ2) is 10.5. The molecular formula is C25H25BrN2O5. The van der Waals surface area contributed by atoms with Crippen LogP contribution in [0.4, 0.5) is 10.6 Å². The van der Waals surface area contributed by atoms with Crippen molar-refractivity contribution in [1.82, 2.24) is 4.98 Å². The molecule has 7 nitrogen and oxygen atoms in total. The summed E-state index contributed by atoms with van der Waals surface area (Å²) in [6.07, 6.45) is -0.690. The number of ether oxygens (including phenoxy) is 3. The van der Waals surface area contributed by atoms with Crippen LogP contribution < -0.4 is 14.8 Å². The van der Waals surface area contributed by atoms with Gasteiger partial charge in [-0.2, -0.15) is 0 Å². The first-order valence-electron chi connectivity index (χ1n) is 10.3. The van der Waals surface area contributed by atoms with E-state index in [2.05, 4.69) is 26.2 Å². The summed E-state index contributed by atoms with van der Waals surface area (Å²) in [6, 6.07) is 18.2. The van der Waals surface area contributed by atoms with Gasteiger partial charge in [-0.3, -0.25) is 5.32 Å². The van der Waals surface area contributed by atoms with E-state index in [1.165, 1.54) is 0 Å². The van der Waals surface area contributed by atoms with E-state index >= 15 is 0 Å². The Morgan fingerprint density at radius 2 is 1.61 bits per heavy atom. The molecule has 3 rings (SSSR count). The minimum absolute atomic E-state index is 0.141. The SMILES string of the molecule is Cc1c(NC(=O)OC(C)(C)C)nc(Br)c(OCc2ccccc2)c1C(=O)Oc1ccccc1. The van der Waals surface area contributed by atoms with E-state index in [4.69, 9.17) is 14.2 Å². The summed E-state index contributed by atoms with van der Waals surface area (Å²) in [5.74, 6) is 0.109. The number of carbonyl (C=O) groups excluding carboxylic acids is 2. The van der Waals surface area contributed by atoms with Crippen LogP contribution in [0.5, 0.6) is 11.5 Å². The lowest BCUT2D eigenvalue weighted by Gasteiger charge is -2.21. The van der Waals surface area contributed by atoms with Gasteiger partial charge in [-0.1, -0.05) is 48.5 Å². The molecule has 33 heavy (non-hydrogen) atoms. The van der Waals surface area contributed by atoms with Gasteiger partial charge in [0, 0.05) is 5.56 Å². The molecule has 1 amide bonds. The maximum absolute atomic E-state index is 13.2. The molecule has 0 bridgehead atoms. The van der Waals surface area contributed by atoms with E-state index in [0.717, 1.165) is 5.56 Å². The van der Waals surface area contributed by atoms with Crippen LogP contribution in [0.1, 0.15) is 42.3 Å². The minimum Gasteiger partial charge on any atom is -0.485 e. The van der Waals surface area contributed by atoms with Gasteiger partial charge in [0.15, 0.2) is 10.4 Å². The lowest BCUT2D eigenvalue weighted by atomic mass is 10.1. The van der Waals surface area contributed by atoms with Gasteiger partial charge in [0.1, 0.15) is 29.3 Å². The van der Waals surface area contributed by atoms with Crippen LogP contribution in [0, 0.1) is 6.92 Å². The first kappa shape index (κ1) is 24.3. The highest BCUT2D eigenvalue weighted by Crippen LogP contribution is 2.35. The molecule has 0 saturated heterocycles. The number of anilines is 1. The molecule has 0 radical (unpaired) electrons. The topological polar surface area (TPSA) is 86.8 Å². The first-order valence-corrected chi connectivity index (χ1v) is 11.1.